The summed E-state index contributed by atoms with van der Waals surface area (Å²) in [7, 11) is 0. The number of fused-ring (bicyclic) bond motifs is 3. The second-order valence-corrected chi connectivity index (χ2v) is 10.2. The molecule has 1 saturated heterocycles. The van der Waals surface area contributed by atoms with Gasteiger partial charge in [0.05, 0.1) is 25.3 Å². The van der Waals surface area contributed by atoms with Gasteiger partial charge in [0, 0.05) is 53.5 Å². The number of anilines is 1. The number of aliphatic hydroxyl groups is 1. The Morgan fingerprint density at radius 1 is 1.14 bits per heavy atom. The van der Waals surface area contributed by atoms with Crippen LogP contribution in [0.5, 0.6) is 0 Å². The number of alkyl halides is 3. The van der Waals surface area contributed by atoms with E-state index in [-0.39, 0.29) is 24.0 Å². The van der Waals surface area contributed by atoms with Gasteiger partial charge in [0.2, 0.25) is 0 Å². The number of hydrogen-bond acceptors (Lipinski definition) is 4. The summed E-state index contributed by atoms with van der Waals surface area (Å²) in [5, 5.41) is 13.2. The van der Waals surface area contributed by atoms with E-state index in [0.717, 1.165) is 16.5 Å². The normalized spacial score (nSPS) is 21.3. The number of halogens is 5. The van der Waals surface area contributed by atoms with Crippen LogP contribution in [0.4, 0.5) is 27.6 Å². The maximum atomic E-state index is 15.7. The highest BCUT2D eigenvalue weighted by Gasteiger charge is 2.43. The maximum Gasteiger partial charge on any atom is 0.283 e. The molecule has 2 aromatic carbocycles. The van der Waals surface area contributed by atoms with E-state index in [1.165, 1.54) is 17.0 Å². The highest BCUT2D eigenvalue weighted by atomic mass is 19.3. The Hall–Kier alpha value is -2.69. The zero-order valence-corrected chi connectivity index (χ0v) is 20.6. The Balaban J connectivity index is 1.50. The standard InChI is InChI=1S/C27H31F5N4O/c1-16-9-20-19-5-2-3-6-23(19)34-25(20)26(36(16)14-27(31,32)15-37)24-21(29)10-17(11-22(24)30)33-18-12-35(13-18)8-4-7-28/h2-3,5-6,10-11,16,18,26,33-34,37H,4,7-9,12-15H2,1H3/t16-,26+/m0/s1. The van der Waals surface area contributed by atoms with Crippen LogP contribution in [0, 0.1) is 11.6 Å². The first-order valence-electron chi connectivity index (χ1n) is 12.6. The molecule has 2 aliphatic rings. The quantitative estimate of drug-likeness (QED) is 0.351. The van der Waals surface area contributed by atoms with Crippen molar-refractivity contribution in [3.05, 3.63) is 64.9 Å². The third kappa shape index (κ3) is 5.06. The molecule has 0 radical (unpaired) electrons. The van der Waals surface area contributed by atoms with Gasteiger partial charge in [0.1, 0.15) is 18.2 Å². The molecule has 2 atom stereocenters. The van der Waals surface area contributed by atoms with Crippen molar-refractivity contribution >= 4 is 16.6 Å². The van der Waals surface area contributed by atoms with Gasteiger partial charge >= 0.3 is 0 Å². The topological polar surface area (TPSA) is 54.5 Å². The van der Waals surface area contributed by atoms with Gasteiger partial charge in [-0.25, -0.2) is 17.6 Å². The van der Waals surface area contributed by atoms with Crippen LogP contribution < -0.4 is 5.32 Å². The van der Waals surface area contributed by atoms with Crippen LogP contribution in [0.2, 0.25) is 0 Å². The minimum absolute atomic E-state index is 0.0148. The SMILES string of the molecule is C[C@H]1Cc2c([nH]c3ccccc23)[C@@H](c2c(F)cc(NC3CN(CCCF)C3)cc2F)N1CC(F)(F)CO. The first-order valence-corrected chi connectivity index (χ1v) is 12.6. The van der Waals surface area contributed by atoms with E-state index in [4.69, 9.17) is 0 Å². The van der Waals surface area contributed by atoms with E-state index in [0.29, 0.717) is 38.2 Å². The molecule has 5 rings (SSSR count). The van der Waals surface area contributed by atoms with Gasteiger partial charge in [-0.15, -0.1) is 0 Å². The van der Waals surface area contributed by atoms with Gasteiger partial charge in [-0.3, -0.25) is 14.2 Å². The minimum Gasteiger partial charge on any atom is -0.390 e. The lowest BCUT2D eigenvalue weighted by atomic mass is 9.87. The summed E-state index contributed by atoms with van der Waals surface area (Å²) in [6.45, 7) is 1.09. The van der Waals surface area contributed by atoms with Gasteiger partial charge in [0.15, 0.2) is 0 Å². The Bertz CT molecular complexity index is 1240. The molecular formula is C27H31F5N4O. The van der Waals surface area contributed by atoms with Crippen LogP contribution in [0.1, 0.15) is 36.2 Å². The summed E-state index contributed by atoms with van der Waals surface area (Å²) >= 11 is 0. The van der Waals surface area contributed by atoms with E-state index in [1.54, 1.807) is 6.92 Å². The van der Waals surface area contributed by atoms with Gasteiger partial charge < -0.3 is 15.4 Å². The Kier molecular flexibility index (Phi) is 7.17. The van der Waals surface area contributed by atoms with Crippen molar-refractivity contribution in [1.82, 2.24) is 14.8 Å². The van der Waals surface area contributed by atoms with Crippen molar-refractivity contribution < 1.29 is 27.1 Å². The summed E-state index contributed by atoms with van der Waals surface area (Å²) in [5.41, 5.74) is 2.05. The van der Waals surface area contributed by atoms with Crippen LogP contribution in [0.3, 0.4) is 0 Å². The average Bonchev–Trinajstić information content (AvgIpc) is 3.19. The summed E-state index contributed by atoms with van der Waals surface area (Å²) in [4.78, 5) is 6.66. The third-order valence-corrected chi connectivity index (χ3v) is 7.45. The lowest BCUT2D eigenvalue weighted by molar-refractivity contribution is -0.0869. The van der Waals surface area contributed by atoms with Crippen LogP contribution >= 0.6 is 0 Å². The summed E-state index contributed by atoms with van der Waals surface area (Å²) in [5.74, 6) is -5.11. The van der Waals surface area contributed by atoms with E-state index in [9.17, 15) is 18.3 Å². The van der Waals surface area contributed by atoms with Crippen LogP contribution in [0.25, 0.3) is 10.9 Å². The van der Waals surface area contributed by atoms with Gasteiger partial charge in [-0.1, -0.05) is 18.2 Å². The predicted molar refractivity (Wildman–Crippen MR) is 133 cm³/mol. The zero-order chi connectivity index (χ0) is 26.3. The predicted octanol–water partition coefficient (Wildman–Crippen LogP) is 4.87. The largest absolute Gasteiger partial charge is 0.390 e. The molecule has 0 bridgehead atoms. The number of para-hydroxylation sites is 1. The summed E-state index contributed by atoms with van der Waals surface area (Å²) < 4.78 is 72.5. The molecule has 3 aromatic rings. The third-order valence-electron chi connectivity index (χ3n) is 7.45. The number of rotatable bonds is 9. The molecule has 0 amide bonds. The van der Waals surface area contributed by atoms with Crippen molar-refractivity contribution in [2.75, 3.05) is 44.8 Å². The smallest absolute Gasteiger partial charge is 0.283 e. The highest BCUT2D eigenvalue weighted by Crippen LogP contribution is 2.43. The first kappa shape index (κ1) is 25.9. The molecule has 37 heavy (non-hydrogen) atoms. The lowest BCUT2D eigenvalue weighted by Gasteiger charge is -2.42. The van der Waals surface area contributed by atoms with Gasteiger partial charge in [-0.2, -0.15) is 0 Å². The van der Waals surface area contributed by atoms with E-state index in [1.807, 2.05) is 24.3 Å². The molecule has 2 aliphatic heterocycles. The minimum atomic E-state index is -3.44. The number of aromatic nitrogens is 1. The van der Waals surface area contributed by atoms with Gasteiger partial charge in [-0.05, 0) is 43.5 Å². The van der Waals surface area contributed by atoms with Crippen LogP contribution in [0.15, 0.2) is 36.4 Å². The molecule has 1 fully saturated rings. The fourth-order valence-electron chi connectivity index (χ4n) is 5.67. The second kappa shape index (κ2) is 10.2. The number of aromatic amines is 1. The first-order chi connectivity index (χ1) is 17.7. The van der Waals surface area contributed by atoms with E-state index >= 15 is 8.78 Å². The Morgan fingerprint density at radius 2 is 1.84 bits per heavy atom. The number of benzene rings is 2. The number of aliphatic hydroxyl groups excluding tert-OH is 1. The number of nitrogens with zero attached hydrogens (tertiary/aromatic N) is 2. The van der Waals surface area contributed by atoms with Crippen LogP contribution in [-0.2, 0) is 6.42 Å². The van der Waals surface area contributed by atoms with E-state index < -0.39 is 42.8 Å². The van der Waals surface area contributed by atoms with Gasteiger partial charge in [0.25, 0.3) is 5.92 Å². The Labute approximate surface area is 212 Å². The van der Waals surface area contributed by atoms with Crippen molar-refractivity contribution in [1.29, 1.82) is 0 Å². The molecule has 10 heteroatoms. The number of likely N-dealkylation sites (tertiary alicyclic amines) is 1. The molecule has 200 valence electrons. The summed E-state index contributed by atoms with van der Waals surface area (Å²) in [6, 6.07) is 8.25. The van der Waals surface area contributed by atoms with Crippen molar-refractivity contribution in [3.8, 4) is 0 Å². The fraction of sp³-hybridized carbons (Fsp3) is 0.481. The van der Waals surface area contributed by atoms with Crippen molar-refractivity contribution in [2.45, 2.75) is 43.8 Å². The molecule has 1 aromatic heterocycles. The molecule has 3 heterocycles. The molecular weight excluding hydrogens is 491 g/mol. The van der Waals surface area contributed by atoms with Crippen LogP contribution in [-0.4, -0.2) is 77.4 Å². The second-order valence-electron chi connectivity index (χ2n) is 10.2. The molecule has 5 nitrogen and oxygen atoms in total. The number of nitrogens with one attached hydrogen (secondary N) is 2. The van der Waals surface area contributed by atoms with E-state index in [2.05, 4.69) is 15.2 Å². The molecule has 3 N–H and O–H groups in total. The maximum absolute atomic E-state index is 15.7. The highest BCUT2D eigenvalue weighted by molar-refractivity contribution is 5.85. The molecule has 0 saturated carbocycles. The van der Waals surface area contributed by atoms with Crippen molar-refractivity contribution in [3.63, 3.8) is 0 Å². The Morgan fingerprint density at radius 3 is 2.51 bits per heavy atom. The summed E-state index contributed by atoms with van der Waals surface area (Å²) in [6.07, 6.45) is 0.868. The lowest BCUT2D eigenvalue weighted by Crippen LogP contribution is -2.54. The monoisotopic (exact) mass is 522 g/mol. The molecule has 0 unspecified atom stereocenters. The molecule has 0 spiro atoms. The molecule has 0 aliphatic carbocycles. The fourth-order valence-corrected chi connectivity index (χ4v) is 5.67. The zero-order valence-electron chi connectivity index (χ0n) is 20.6. The number of H-pyrrole nitrogens is 1. The number of hydrogen-bond donors (Lipinski definition) is 3. The van der Waals surface area contributed by atoms with Crippen molar-refractivity contribution in [2.24, 2.45) is 0 Å². The average molecular weight is 523 g/mol.